The van der Waals surface area contributed by atoms with Crippen molar-refractivity contribution in [2.75, 3.05) is 6.61 Å². The average Bonchev–Trinajstić information content (AvgIpc) is 2.58. The maximum absolute atomic E-state index is 11.9. The molecular weight excluding hydrogens is 316 g/mol. The van der Waals surface area contributed by atoms with Gasteiger partial charge in [0, 0.05) is 5.56 Å². The Hall–Kier alpha value is -2.82. The van der Waals surface area contributed by atoms with Crippen molar-refractivity contribution in [2.24, 2.45) is 0 Å². The summed E-state index contributed by atoms with van der Waals surface area (Å²) in [7, 11) is 0. The molecule has 132 valence electrons. The van der Waals surface area contributed by atoms with Crippen LogP contribution >= 0.6 is 0 Å². The molecule has 0 spiro atoms. The van der Waals surface area contributed by atoms with Crippen molar-refractivity contribution < 1.29 is 14.3 Å². The maximum Gasteiger partial charge on any atom is 0.276 e. The van der Waals surface area contributed by atoms with Gasteiger partial charge in [0.05, 0.1) is 0 Å². The minimum atomic E-state index is -0.425. The molecular formula is C20H24N2O3. The van der Waals surface area contributed by atoms with Crippen molar-refractivity contribution >= 4 is 11.8 Å². The van der Waals surface area contributed by atoms with E-state index in [0.717, 1.165) is 11.1 Å². The molecule has 0 heterocycles. The Morgan fingerprint density at radius 2 is 1.68 bits per heavy atom. The number of hydrazine groups is 1. The molecule has 2 rings (SSSR count). The van der Waals surface area contributed by atoms with Crippen molar-refractivity contribution in [3.05, 3.63) is 64.7 Å². The number of amides is 2. The fourth-order valence-electron chi connectivity index (χ4n) is 2.47. The van der Waals surface area contributed by atoms with Gasteiger partial charge in [-0.05, 0) is 55.2 Å². The summed E-state index contributed by atoms with van der Waals surface area (Å²) in [6, 6.07) is 12.8. The van der Waals surface area contributed by atoms with Crippen LogP contribution in [0.2, 0.25) is 0 Å². The highest BCUT2D eigenvalue weighted by atomic mass is 16.5. The number of ether oxygens (including phenoxy) is 1. The summed E-state index contributed by atoms with van der Waals surface area (Å²) in [5, 5.41) is 0. The zero-order chi connectivity index (χ0) is 18.4. The molecule has 0 aliphatic heterocycles. The first-order valence-electron chi connectivity index (χ1n) is 8.26. The van der Waals surface area contributed by atoms with Gasteiger partial charge < -0.3 is 4.74 Å². The highest BCUT2D eigenvalue weighted by Gasteiger charge is 2.09. The van der Waals surface area contributed by atoms with E-state index in [-0.39, 0.29) is 12.5 Å². The second-order valence-electron chi connectivity index (χ2n) is 6.33. The van der Waals surface area contributed by atoms with E-state index in [4.69, 9.17) is 4.74 Å². The van der Waals surface area contributed by atoms with E-state index < -0.39 is 5.91 Å². The number of hydrogen-bond acceptors (Lipinski definition) is 3. The van der Waals surface area contributed by atoms with E-state index in [2.05, 4.69) is 24.7 Å². The first-order chi connectivity index (χ1) is 11.9. The summed E-state index contributed by atoms with van der Waals surface area (Å²) < 4.78 is 5.47. The lowest BCUT2D eigenvalue weighted by atomic mass is 9.98. The average molecular weight is 340 g/mol. The molecule has 0 saturated heterocycles. The van der Waals surface area contributed by atoms with Crippen LogP contribution in [0.15, 0.2) is 42.5 Å². The van der Waals surface area contributed by atoms with Gasteiger partial charge in [0.1, 0.15) is 5.75 Å². The third-order valence-electron chi connectivity index (χ3n) is 3.86. The third-order valence-corrected chi connectivity index (χ3v) is 3.86. The molecule has 0 aliphatic rings. The fraction of sp³-hybridized carbons (Fsp3) is 0.300. The molecule has 0 aliphatic carbocycles. The zero-order valence-corrected chi connectivity index (χ0v) is 15.1. The number of carbonyl (C=O) groups is 2. The van der Waals surface area contributed by atoms with Crippen molar-refractivity contribution in [3.8, 4) is 5.75 Å². The molecule has 0 atom stereocenters. The Bertz CT molecular complexity index is 752. The van der Waals surface area contributed by atoms with Crippen LogP contribution in [-0.2, 0) is 4.79 Å². The monoisotopic (exact) mass is 340 g/mol. The van der Waals surface area contributed by atoms with Crippen molar-refractivity contribution in [3.63, 3.8) is 0 Å². The van der Waals surface area contributed by atoms with Gasteiger partial charge in [-0.2, -0.15) is 0 Å². The predicted octanol–water partition coefficient (Wildman–Crippen LogP) is 3.27. The Morgan fingerprint density at radius 1 is 1.00 bits per heavy atom. The lowest BCUT2D eigenvalue weighted by Gasteiger charge is -2.12. The van der Waals surface area contributed by atoms with E-state index in [1.54, 1.807) is 12.1 Å². The van der Waals surface area contributed by atoms with E-state index in [1.165, 1.54) is 5.56 Å². The summed E-state index contributed by atoms with van der Waals surface area (Å²) in [5.41, 5.74) is 8.64. The molecule has 25 heavy (non-hydrogen) atoms. The minimum Gasteiger partial charge on any atom is -0.484 e. The largest absolute Gasteiger partial charge is 0.484 e. The van der Waals surface area contributed by atoms with Crippen LogP contribution in [0.4, 0.5) is 0 Å². The van der Waals surface area contributed by atoms with Crippen LogP contribution in [0.25, 0.3) is 0 Å². The number of benzene rings is 2. The van der Waals surface area contributed by atoms with Gasteiger partial charge in [-0.15, -0.1) is 0 Å². The summed E-state index contributed by atoms with van der Waals surface area (Å²) in [6.45, 7) is 8.05. The van der Waals surface area contributed by atoms with E-state index >= 15 is 0 Å². The number of rotatable bonds is 5. The van der Waals surface area contributed by atoms with Crippen molar-refractivity contribution in [1.29, 1.82) is 0 Å². The first kappa shape index (κ1) is 18.5. The summed E-state index contributed by atoms with van der Waals surface area (Å²) in [6.07, 6.45) is 0. The maximum atomic E-state index is 11.9. The predicted molar refractivity (Wildman–Crippen MR) is 97.6 cm³/mol. The summed E-state index contributed by atoms with van der Waals surface area (Å²) >= 11 is 0. The van der Waals surface area contributed by atoms with E-state index in [1.807, 2.05) is 44.2 Å². The molecule has 0 fully saturated rings. The van der Waals surface area contributed by atoms with Gasteiger partial charge in [0.25, 0.3) is 11.8 Å². The van der Waals surface area contributed by atoms with Crippen LogP contribution in [-0.4, -0.2) is 18.4 Å². The molecule has 0 unspecified atom stereocenters. The Labute approximate surface area is 148 Å². The minimum absolute atomic E-state index is 0.172. The fourth-order valence-corrected chi connectivity index (χ4v) is 2.47. The van der Waals surface area contributed by atoms with Gasteiger partial charge in [-0.3, -0.25) is 20.4 Å². The standard InChI is InChI=1S/C20H24N2O3/c1-13(2)18-10-9-17(11-15(18)4)25-12-19(23)21-22-20(24)16-7-5-14(3)6-8-16/h5-11,13H,12H2,1-4H3,(H,21,23)(H,22,24). The highest BCUT2D eigenvalue weighted by Crippen LogP contribution is 2.23. The van der Waals surface area contributed by atoms with Crippen LogP contribution in [0, 0.1) is 13.8 Å². The molecule has 0 radical (unpaired) electrons. The molecule has 0 aromatic heterocycles. The number of carbonyl (C=O) groups excluding carboxylic acids is 2. The smallest absolute Gasteiger partial charge is 0.276 e. The number of nitrogens with one attached hydrogen (secondary N) is 2. The zero-order valence-electron chi connectivity index (χ0n) is 15.1. The van der Waals surface area contributed by atoms with E-state index in [0.29, 0.717) is 17.2 Å². The molecule has 0 saturated carbocycles. The third kappa shape index (κ3) is 5.35. The Morgan fingerprint density at radius 3 is 2.28 bits per heavy atom. The van der Waals surface area contributed by atoms with Crippen LogP contribution in [0.5, 0.6) is 5.75 Å². The van der Waals surface area contributed by atoms with Gasteiger partial charge in [-0.1, -0.05) is 37.6 Å². The number of aryl methyl sites for hydroxylation is 2. The van der Waals surface area contributed by atoms with Crippen LogP contribution < -0.4 is 15.6 Å². The second-order valence-corrected chi connectivity index (χ2v) is 6.33. The molecule has 5 nitrogen and oxygen atoms in total. The van der Waals surface area contributed by atoms with Gasteiger partial charge in [0.15, 0.2) is 6.61 Å². The summed E-state index contributed by atoms with van der Waals surface area (Å²) in [4.78, 5) is 23.7. The quantitative estimate of drug-likeness (QED) is 0.821. The molecule has 2 N–H and O–H groups in total. The first-order valence-corrected chi connectivity index (χ1v) is 8.26. The van der Waals surface area contributed by atoms with Gasteiger partial charge in [-0.25, -0.2) is 0 Å². The molecule has 5 heteroatoms. The van der Waals surface area contributed by atoms with Crippen LogP contribution in [0.1, 0.15) is 46.8 Å². The Kier molecular flexibility index (Phi) is 6.17. The lowest BCUT2D eigenvalue weighted by molar-refractivity contribution is -0.123. The van der Waals surface area contributed by atoms with E-state index in [9.17, 15) is 9.59 Å². The summed E-state index contributed by atoms with van der Waals surface area (Å²) in [5.74, 6) is 0.271. The topological polar surface area (TPSA) is 67.4 Å². The van der Waals surface area contributed by atoms with Crippen molar-refractivity contribution in [1.82, 2.24) is 10.9 Å². The molecule has 2 aromatic carbocycles. The van der Waals surface area contributed by atoms with Crippen LogP contribution in [0.3, 0.4) is 0 Å². The molecule has 2 aromatic rings. The normalized spacial score (nSPS) is 10.4. The highest BCUT2D eigenvalue weighted by molar-refractivity contribution is 5.95. The SMILES string of the molecule is Cc1ccc(C(=O)NNC(=O)COc2ccc(C(C)C)c(C)c2)cc1. The molecule has 0 bridgehead atoms. The Balaban J connectivity index is 1.81. The van der Waals surface area contributed by atoms with Gasteiger partial charge >= 0.3 is 0 Å². The lowest BCUT2D eigenvalue weighted by Crippen LogP contribution is -2.43. The van der Waals surface area contributed by atoms with Crippen molar-refractivity contribution in [2.45, 2.75) is 33.6 Å². The molecule has 2 amide bonds. The second kappa shape index (κ2) is 8.33. The van der Waals surface area contributed by atoms with Gasteiger partial charge in [0.2, 0.25) is 0 Å². The number of hydrogen-bond donors (Lipinski definition) is 2.